The number of halogens is 4. The predicted octanol–water partition coefficient (Wildman–Crippen LogP) is 2.87. The van der Waals surface area contributed by atoms with Crippen molar-refractivity contribution in [3.05, 3.63) is 22.7 Å². The van der Waals surface area contributed by atoms with Crippen LogP contribution in [0.15, 0.2) is 22.7 Å². The molecule has 0 aliphatic carbocycles. The lowest BCUT2D eigenvalue weighted by atomic mass is 10.1. The van der Waals surface area contributed by atoms with Gasteiger partial charge in [0.05, 0.1) is 18.7 Å². The second kappa shape index (κ2) is 6.15. The summed E-state index contributed by atoms with van der Waals surface area (Å²) in [5, 5.41) is 0. The van der Waals surface area contributed by atoms with Gasteiger partial charge in [-0.2, -0.15) is 0 Å². The Morgan fingerprint density at radius 1 is 1.41 bits per heavy atom. The molecule has 0 spiro atoms. The average Bonchev–Trinajstić information content (AvgIpc) is 2.78. The van der Waals surface area contributed by atoms with E-state index in [9.17, 15) is 22.8 Å². The zero-order valence-corrected chi connectivity index (χ0v) is 12.9. The number of benzene rings is 1. The quantitative estimate of drug-likeness (QED) is 0.755. The third-order valence-corrected chi connectivity index (χ3v) is 3.59. The Bertz CT molecular complexity index is 605. The molecule has 2 rings (SSSR count). The van der Waals surface area contributed by atoms with Crippen molar-refractivity contribution in [2.45, 2.75) is 12.8 Å². The summed E-state index contributed by atoms with van der Waals surface area (Å²) in [6.45, 7) is -0.0542. The molecule has 0 bridgehead atoms. The van der Waals surface area contributed by atoms with Crippen LogP contribution in [0, 0.1) is 5.92 Å². The third kappa shape index (κ3) is 3.70. The molecule has 0 N–H and O–H groups in total. The fraction of sp³-hybridized carbons (Fsp3) is 0.385. The highest BCUT2D eigenvalue weighted by Crippen LogP contribution is 2.38. The van der Waals surface area contributed by atoms with E-state index in [1.54, 1.807) is 0 Å². The monoisotopic (exact) mass is 381 g/mol. The largest absolute Gasteiger partial charge is 0.573 e. The maximum Gasteiger partial charge on any atom is 0.573 e. The number of esters is 1. The summed E-state index contributed by atoms with van der Waals surface area (Å²) in [6.07, 6.45) is -5.01. The van der Waals surface area contributed by atoms with Gasteiger partial charge in [-0.15, -0.1) is 13.2 Å². The standard InChI is InChI=1S/C13H11BrF3NO4/c1-21-12(20)7-4-11(19)18(6-7)9-3-2-8(14)5-10(9)22-13(15,16)17/h2-3,5,7H,4,6H2,1H3. The second-order valence-corrected chi connectivity index (χ2v) is 5.50. The lowest BCUT2D eigenvalue weighted by Crippen LogP contribution is -2.28. The SMILES string of the molecule is COC(=O)C1CC(=O)N(c2ccc(Br)cc2OC(F)(F)F)C1. The first-order valence-corrected chi connectivity index (χ1v) is 6.94. The highest BCUT2D eigenvalue weighted by Gasteiger charge is 2.39. The van der Waals surface area contributed by atoms with Crippen LogP contribution in [-0.2, 0) is 14.3 Å². The first-order valence-electron chi connectivity index (χ1n) is 6.14. The van der Waals surface area contributed by atoms with Crippen molar-refractivity contribution in [2.24, 2.45) is 5.92 Å². The molecule has 1 amide bonds. The Labute approximate surface area is 132 Å². The van der Waals surface area contributed by atoms with Gasteiger partial charge in [0, 0.05) is 17.4 Å². The Hall–Kier alpha value is -1.77. The zero-order chi connectivity index (χ0) is 16.5. The Balaban J connectivity index is 2.32. The van der Waals surface area contributed by atoms with Crippen molar-refractivity contribution < 1.29 is 32.2 Å². The molecule has 1 aromatic carbocycles. The Morgan fingerprint density at radius 2 is 2.09 bits per heavy atom. The minimum Gasteiger partial charge on any atom is -0.469 e. The van der Waals surface area contributed by atoms with E-state index >= 15 is 0 Å². The molecule has 1 heterocycles. The van der Waals surface area contributed by atoms with Gasteiger partial charge in [-0.05, 0) is 18.2 Å². The number of ether oxygens (including phenoxy) is 2. The lowest BCUT2D eigenvalue weighted by Gasteiger charge is -2.21. The fourth-order valence-corrected chi connectivity index (χ4v) is 2.52. The molecule has 5 nitrogen and oxygen atoms in total. The number of methoxy groups -OCH3 is 1. The van der Waals surface area contributed by atoms with Gasteiger partial charge >= 0.3 is 12.3 Å². The maximum absolute atomic E-state index is 12.5. The van der Waals surface area contributed by atoms with Crippen molar-refractivity contribution in [3.63, 3.8) is 0 Å². The van der Waals surface area contributed by atoms with E-state index in [-0.39, 0.29) is 18.7 Å². The van der Waals surface area contributed by atoms with E-state index in [0.717, 1.165) is 11.0 Å². The van der Waals surface area contributed by atoms with E-state index in [1.165, 1.54) is 19.2 Å². The summed E-state index contributed by atoms with van der Waals surface area (Å²) < 4.78 is 46.3. The first kappa shape index (κ1) is 16.6. The summed E-state index contributed by atoms with van der Waals surface area (Å²) in [6, 6.07) is 3.92. The van der Waals surface area contributed by atoms with Gasteiger partial charge in [0.25, 0.3) is 0 Å². The van der Waals surface area contributed by atoms with Crippen molar-refractivity contribution >= 4 is 33.5 Å². The van der Waals surface area contributed by atoms with Crippen LogP contribution in [0.5, 0.6) is 5.75 Å². The van der Waals surface area contributed by atoms with Crippen molar-refractivity contribution in [2.75, 3.05) is 18.6 Å². The summed E-state index contributed by atoms with van der Waals surface area (Å²) >= 11 is 3.05. The molecular formula is C13H11BrF3NO4. The van der Waals surface area contributed by atoms with Gasteiger partial charge in [0.15, 0.2) is 5.75 Å². The molecule has 1 saturated heterocycles. The van der Waals surface area contributed by atoms with Crippen molar-refractivity contribution in [1.82, 2.24) is 0 Å². The van der Waals surface area contributed by atoms with Crippen LogP contribution in [0.3, 0.4) is 0 Å². The molecule has 1 fully saturated rings. The smallest absolute Gasteiger partial charge is 0.469 e. The van der Waals surface area contributed by atoms with Crippen LogP contribution in [0.25, 0.3) is 0 Å². The predicted molar refractivity (Wildman–Crippen MR) is 73.3 cm³/mol. The second-order valence-electron chi connectivity index (χ2n) is 4.59. The van der Waals surface area contributed by atoms with Crippen molar-refractivity contribution in [1.29, 1.82) is 0 Å². The number of rotatable bonds is 3. The first-order chi connectivity index (χ1) is 10.2. The molecule has 1 atom stereocenters. The molecule has 1 aliphatic rings. The molecule has 0 radical (unpaired) electrons. The third-order valence-electron chi connectivity index (χ3n) is 3.10. The van der Waals surface area contributed by atoms with Gasteiger partial charge < -0.3 is 14.4 Å². The number of carbonyl (C=O) groups is 2. The van der Waals surface area contributed by atoms with Crippen LogP contribution in [0.4, 0.5) is 18.9 Å². The number of nitrogens with zero attached hydrogens (tertiary/aromatic N) is 1. The summed E-state index contributed by atoms with van der Waals surface area (Å²) in [7, 11) is 1.19. The molecule has 1 aliphatic heterocycles. The van der Waals surface area contributed by atoms with Crippen LogP contribution in [0.1, 0.15) is 6.42 Å². The molecule has 1 aromatic rings. The topological polar surface area (TPSA) is 55.8 Å². The van der Waals surface area contributed by atoms with E-state index in [1.807, 2.05) is 0 Å². The average molecular weight is 382 g/mol. The fourth-order valence-electron chi connectivity index (χ4n) is 2.18. The molecular weight excluding hydrogens is 371 g/mol. The highest BCUT2D eigenvalue weighted by atomic mass is 79.9. The van der Waals surface area contributed by atoms with Gasteiger partial charge in [-0.3, -0.25) is 9.59 Å². The number of anilines is 1. The molecule has 22 heavy (non-hydrogen) atoms. The molecule has 120 valence electrons. The Morgan fingerprint density at radius 3 is 2.68 bits per heavy atom. The van der Waals surface area contributed by atoms with E-state index in [2.05, 4.69) is 25.4 Å². The number of amides is 1. The number of alkyl halides is 3. The number of carbonyl (C=O) groups excluding carboxylic acids is 2. The normalized spacial score (nSPS) is 18.5. The summed E-state index contributed by atoms with van der Waals surface area (Å²) in [5.41, 5.74) is -0.0445. The van der Waals surface area contributed by atoms with Crippen LogP contribution < -0.4 is 9.64 Å². The highest BCUT2D eigenvalue weighted by molar-refractivity contribution is 9.10. The van der Waals surface area contributed by atoms with Crippen LogP contribution in [-0.4, -0.2) is 31.9 Å². The van der Waals surface area contributed by atoms with E-state index in [4.69, 9.17) is 0 Å². The summed E-state index contributed by atoms with van der Waals surface area (Å²) in [4.78, 5) is 24.6. The van der Waals surface area contributed by atoms with Crippen LogP contribution >= 0.6 is 15.9 Å². The van der Waals surface area contributed by atoms with Crippen LogP contribution in [0.2, 0.25) is 0 Å². The maximum atomic E-state index is 12.5. The zero-order valence-electron chi connectivity index (χ0n) is 11.3. The van der Waals surface area contributed by atoms with Crippen molar-refractivity contribution in [3.8, 4) is 5.75 Å². The van der Waals surface area contributed by atoms with Gasteiger partial charge in [0.1, 0.15) is 0 Å². The molecule has 9 heteroatoms. The minimum atomic E-state index is -4.89. The summed E-state index contributed by atoms with van der Waals surface area (Å²) in [5.74, 6) is -2.27. The van der Waals surface area contributed by atoms with E-state index < -0.39 is 29.9 Å². The molecule has 0 saturated carbocycles. The lowest BCUT2D eigenvalue weighted by molar-refractivity contribution is -0.274. The number of hydrogen-bond acceptors (Lipinski definition) is 4. The minimum absolute atomic E-state index is 0.0445. The number of hydrogen-bond donors (Lipinski definition) is 0. The van der Waals surface area contributed by atoms with Gasteiger partial charge in [-0.1, -0.05) is 15.9 Å². The Kier molecular flexibility index (Phi) is 4.64. The molecule has 1 unspecified atom stereocenters. The van der Waals surface area contributed by atoms with Gasteiger partial charge in [0.2, 0.25) is 5.91 Å². The molecule has 0 aromatic heterocycles. The van der Waals surface area contributed by atoms with Gasteiger partial charge in [-0.25, -0.2) is 0 Å². The van der Waals surface area contributed by atoms with E-state index in [0.29, 0.717) is 4.47 Å².